The van der Waals surface area contributed by atoms with E-state index < -0.39 is 20.1 Å². The number of hydrogen-bond acceptors (Lipinski definition) is 1. The van der Waals surface area contributed by atoms with Crippen LogP contribution in [0.4, 0.5) is 13.2 Å². The topological polar surface area (TPSA) is 9.23 Å². The molecule has 220 valence electrons. The molecule has 0 saturated carbocycles. The summed E-state index contributed by atoms with van der Waals surface area (Å²) in [5, 5.41) is 1.76. The molecule has 0 bridgehead atoms. The molecule has 0 saturated heterocycles. The third-order valence-corrected chi connectivity index (χ3v) is 13.0. The summed E-state index contributed by atoms with van der Waals surface area (Å²) in [4.78, 5) is 0. The van der Waals surface area contributed by atoms with Crippen LogP contribution in [-0.4, -0.2) is 21.1 Å². The zero-order valence-corrected chi connectivity index (χ0v) is 26.6. The summed E-state index contributed by atoms with van der Waals surface area (Å²) in [7, 11) is -2.93. The fourth-order valence-corrected chi connectivity index (χ4v) is 10.4. The van der Waals surface area contributed by atoms with Gasteiger partial charge in [-0.3, -0.25) is 0 Å². The third kappa shape index (κ3) is 8.11. The van der Waals surface area contributed by atoms with Gasteiger partial charge in [0, 0.05) is 0 Å². The van der Waals surface area contributed by atoms with Crippen molar-refractivity contribution in [2.24, 2.45) is 5.41 Å². The highest BCUT2D eigenvalue weighted by molar-refractivity contribution is 6.99. The molecule has 0 aliphatic heterocycles. The smallest absolute Gasteiger partial charge is 0.404 e. The van der Waals surface area contributed by atoms with Gasteiger partial charge in [0.2, 0.25) is 0 Å². The van der Waals surface area contributed by atoms with Gasteiger partial charge in [-0.1, -0.05) is 137 Å². The minimum absolute atomic E-state index is 0.117. The van der Waals surface area contributed by atoms with Gasteiger partial charge in [-0.25, -0.2) is 0 Å². The van der Waals surface area contributed by atoms with Crippen LogP contribution < -0.4 is 10.4 Å². The first kappa shape index (κ1) is 32.6. The highest BCUT2D eigenvalue weighted by Gasteiger charge is 2.50. The lowest BCUT2D eigenvalue weighted by atomic mass is 9.72. The molecule has 0 amide bonds. The number of alkyl halides is 3. The average Bonchev–Trinajstić information content (AvgIpc) is 2.89. The quantitative estimate of drug-likeness (QED) is 0.213. The standard InChI is InChI=1S/C36H45F3OSi/c1-28(23-24-33-29(2)17-15-26-35(33,6)7)16-14-18-30(36(37,38)39)25-27-40-41(34(3,4)5,31-19-10-8-11-20-31)32-21-12-9-13-22-32/h8-14,16,18-25H,15,17,26-27H2,1-7H3/b18-14+,24-23+,28-16+,30-25-. The molecule has 0 atom stereocenters. The lowest BCUT2D eigenvalue weighted by Crippen LogP contribution is -2.66. The van der Waals surface area contributed by atoms with E-state index in [2.05, 4.69) is 47.6 Å². The predicted octanol–water partition coefficient (Wildman–Crippen LogP) is 9.64. The van der Waals surface area contributed by atoms with Crippen molar-refractivity contribution in [3.05, 3.63) is 119 Å². The van der Waals surface area contributed by atoms with E-state index in [4.69, 9.17) is 4.43 Å². The van der Waals surface area contributed by atoms with Crippen molar-refractivity contribution in [1.29, 1.82) is 0 Å². The van der Waals surface area contributed by atoms with Gasteiger partial charge in [-0.15, -0.1) is 0 Å². The highest BCUT2D eigenvalue weighted by Crippen LogP contribution is 2.41. The Balaban J connectivity index is 1.88. The van der Waals surface area contributed by atoms with Gasteiger partial charge in [-0.2, -0.15) is 13.2 Å². The van der Waals surface area contributed by atoms with Crippen LogP contribution in [-0.2, 0) is 4.43 Å². The molecule has 1 aliphatic rings. The van der Waals surface area contributed by atoms with Crippen molar-refractivity contribution in [3.8, 4) is 0 Å². The molecule has 0 unspecified atom stereocenters. The van der Waals surface area contributed by atoms with Crippen molar-refractivity contribution in [3.63, 3.8) is 0 Å². The first-order valence-electron chi connectivity index (χ1n) is 14.4. The molecule has 1 aliphatic carbocycles. The molecule has 2 aromatic carbocycles. The molecular weight excluding hydrogens is 533 g/mol. The van der Waals surface area contributed by atoms with Crippen LogP contribution in [0.5, 0.6) is 0 Å². The van der Waals surface area contributed by atoms with Gasteiger partial charge in [0.25, 0.3) is 8.32 Å². The van der Waals surface area contributed by atoms with Gasteiger partial charge < -0.3 is 4.43 Å². The van der Waals surface area contributed by atoms with Gasteiger partial charge in [-0.05, 0) is 65.6 Å². The van der Waals surface area contributed by atoms with E-state index in [0.29, 0.717) is 0 Å². The van der Waals surface area contributed by atoms with Crippen LogP contribution >= 0.6 is 0 Å². The molecule has 1 nitrogen and oxygen atoms in total. The number of allylic oxidation sites excluding steroid dienone is 9. The van der Waals surface area contributed by atoms with E-state index in [-0.39, 0.29) is 17.1 Å². The minimum Gasteiger partial charge on any atom is -0.404 e. The second-order valence-electron chi connectivity index (χ2n) is 12.7. The fourth-order valence-electron chi connectivity index (χ4n) is 5.88. The van der Waals surface area contributed by atoms with E-state index in [1.54, 1.807) is 6.08 Å². The lowest BCUT2D eigenvalue weighted by Gasteiger charge is -2.42. The molecule has 41 heavy (non-hydrogen) atoms. The monoisotopic (exact) mass is 578 g/mol. The normalized spacial score (nSPS) is 17.6. The van der Waals surface area contributed by atoms with Crippen molar-refractivity contribution < 1.29 is 17.6 Å². The maximum Gasteiger partial charge on any atom is 0.416 e. The maximum atomic E-state index is 14.1. The van der Waals surface area contributed by atoms with E-state index in [1.165, 1.54) is 29.7 Å². The summed E-state index contributed by atoms with van der Waals surface area (Å²) in [5.74, 6) is 0. The Morgan fingerprint density at radius 2 is 1.49 bits per heavy atom. The van der Waals surface area contributed by atoms with Gasteiger partial charge in [0.15, 0.2) is 0 Å². The fraction of sp³-hybridized carbons (Fsp3) is 0.389. The maximum absolute atomic E-state index is 14.1. The molecule has 0 fully saturated rings. The Morgan fingerprint density at radius 1 is 0.927 bits per heavy atom. The summed E-state index contributed by atoms with van der Waals surface area (Å²) in [6.07, 6.45) is 8.60. The van der Waals surface area contributed by atoms with E-state index >= 15 is 0 Å². The summed E-state index contributed by atoms with van der Waals surface area (Å²) in [6.45, 7) is 14.8. The molecular formula is C36H45F3OSi. The number of halogens is 3. The molecule has 0 aromatic heterocycles. The SMILES string of the molecule is CC1=C(/C=C/C(C)=C/C=C/C(=C/CO[Si](c2ccccc2)(c2ccccc2)C(C)(C)C)C(F)(F)F)C(C)(C)CCC1. The lowest BCUT2D eigenvalue weighted by molar-refractivity contribution is -0.0886. The van der Waals surface area contributed by atoms with Crippen LogP contribution in [0.25, 0.3) is 0 Å². The first-order chi connectivity index (χ1) is 19.2. The molecule has 0 N–H and O–H groups in total. The zero-order valence-electron chi connectivity index (χ0n) is 25.6. The second-order valence-corrected chi connectivity index (χ2v) is 17.0. The van der Waals surface area contributed by atoms with Crippen molar-refractivity contribution in [1.82, 2.24) is 0 Å². The van der Waals surface area contributed by atoms with Crippen LogP contribution in [0.2, 0.25) is 5.04 Å². The molecule has 0 heterocycles. The molecule has 0 spiro atoms. The highest BCUT2D eigenvalue weighted by atomic mass is 28.4. The predicted molar refractivity (Wildman–Crippen MR) is 170 cm³/mol. The van der Waals surface area contributed by atoms with Crippen molar-refractivity contribution in [2.45, 2.75) is 78.9 Å². The number of benzene rings is 2. The van der Waals surface area contributed by atoms with Gasteiger partial charge in [0.05, 0.1) is 12.2 Å². The Morgan fingerprint density at radius 3 is 1.98 bits per heavy atom. The Labute approximate surface area is 246 Å². The minimum atomic E-state index is -4.49. The van der Waals surface area contributed by atoms with Crippen LogP contribution in [0.3, 0.4) is 0 Å². The second kappa shape index (κ2) is 13.4. The Bertz CT molecular complexity index is 1260. The van der Waals surface area contributed by atoms with Crippen LogP contribution in [0, 0.1) is 5.41 Å². The van der Waals surface area contributed by atoms with Crippen molar-refractivity contribution in [2.75, 3.05) is 6.61 Å². The van der Waals surface area contributed by atoms with Crippen molar-refractivity contribution >= 4 is 18.7 Å². The largest absolute Gasteiger partial charge is 0.416 e. The molecule has 2 aromatic rings. The average molecular weight is 579 g/mol. The molecule has 0 radical (unpaired) electrons. The summed E-state index contributed by atoms with van der Waals surface area (Å²) in [6, 6.07) is 19.9. The van der Waals surface area contributed by atoms with Crippen LogP contribution in [0.1, 0.15) is 67.7 Å². The Hall–Kier alpha value is -2.89. The number of rotatable bonds is 9. The molecule has 3 rings (SSSR count). The molecule has 5 heteroatoms. The summed E-state index contributed by atoms with van der Waals surface area (Å²) in [5.41, 5.74) is 3.02. The summed E-state index contributed by atoms with van der Waals surface area (Å²) >= 11 is 0. The third-order valence-electron chi connectivity index (χ3n) is 8.04. The Kier molecular flexibility index (Phi) is 10.7. The van der Waals surface area contributed by atoms with Crippen LogP contribution in [0.15, 0.2) is 119 Å². The van der Waals surface area contributed by atoms with Gasteiger partial charge in [0.1, 0.15) is 0 Å². The number of hydrogen-bond donors (Lipinski definition) is 0. The first-order valence-corrected chi connectivity index (χ1v) is 16.3. The zero-order chi connectivity index (χ0) is 30.3. The van der Waals surface area contributed by atoms with E-state index in [9.17, 15) is 13.2 Å². The van der Waals surface area contributed by atoms with Gasteiger partial charge >= 0.3 is 6.18 Å². The van der Waals surface area contributed by atoms with E-state index in [1.807, 2.05) is 73.7 Å². The van der Waals surface area contributed by atoms with E-state index in [0.717, 1.165) is 34.9 Å². The summed E-state index contributed by atoms with van der Waals surface area (Å²) < 4.78 is 48.8.